The molecule has 1 aromatic rings. The Hall–Kier alpha value is -0.460. The molecule has 0 heterocycles. The molecule has 1 rings (SSSR count). The highest BCUT2D eigenvalue weighted by Gasteiger charge is 2.06. The van der Waals surface area contributed by atoms with E-state index in [0.29, 0.717) is 8.04 Å². The highest BCUT2D eigenvalue weighted by molar-refractivity contribution is 14.1. The summed E-state index contributed by atoms with van der Waals surface area (Å²) in [4.78, 5) is 2.60. The van der Waals surface area contributed by atoms with E-state index in [4.69, 9.17) is 5.53 Å². The van der Waals surface area contributed by atoms with E-state index in [-0.39, 0.29) is 11.4 Å². The summed E-state index contributed by atoms with van der Waals surface area (Å²) in [6, 6.07) is 3.43. The van der Waals surface area contributed by atoms with E-state index in [2.05, 4.69) is 26.0 Å². The average molecular weight is 340 g/mol. The van der Waals surface area contributed by atoms with Crippen LogP contribution in [-0.2, 0) is 0 Å². The number of hydrogen-bond acceptors (Lipinski definition) is 2. The topological polar surface area (TPSA) is 69.0 Å². The molecule has 0 amide bonds. The molecule has 0 saturated carbocycles. The Balaban J connectivity index is 3.42. The van der Waals surface area contributed by atoms with E-state index in [1.807, 2.05) is 22.6 Å². The largest absolute Gasteiger partial charge is 0.506 e. The summed E-state index contributed by atoms with van der Waals surface area (Å²) in [5.74, 6) is 0.00257. The number of hydrogen-bond donors (Lipinski definition) is 1. The maximum Gasteiger partial charge on any atom is 0.139 e. The first-order valence-corrected chi connectivity index (χ1v) is 4.76. The van der Waals surface area contributed by atoms with Crippen molar-refractivity contribution in [1.82, 2.24) is 0 Å². The molecule has 0 bridgehead atoms. The summed E-state index contributed by atoms with van der Waals surface area (Å²) in [7, 11) is 0. The highest BCUT2D eigenvalue weighted by Crippen LogP contribution is 2.37. The van der Waals surface area contributed by atoms with Gasteiger partial charge in [0.2, 0.25) is 0 Å². The molecule has 0 aliphatic heterocycles. The molecule has 1 aromatic carbocycles. The fraction of sp³-hybridized carbons (Fsp3) is 0. The molecule has 0 aliphatic rings. The van der Waals surface area contributed by atoms with E-state index in [0.717, 1.165) is 0 Å². The third-order valence-electron chi connectivity index (χ3n) is 1.20. The van der Waals surface area contributed by atoms with E-state index < -0.39 is 0 Å². The van der Waals surface area contributed by atoms with Crippen molar-refractivity contribution in [1.29, 1.82) is 0 Å². The summed E-state index contributed by atoms with van der Waals surface area (Å²) in [5.41, 5.74) is 8.41. The third-order valence-corrected chi connectivity index (χ3v) is 2.71. The Bertz CT molecular complexity index is 362. The second kappa shape index (κ2) is 3.97. The molecule has 4 nitrogen and oxygen atoms in total. The molecule has 0 unspecified atom stereocenters. The maximum absolute atomic E-state index is 9.41. The molecular weight excluding hydrogens is 337 g/mol. The lowest BCUT2D eigenvalue weighted by molar-refractivity contribution is 0.472. The second-order valence-corrected chi connectivity index (χ2v) is 3.93. The first-order valence-electron chi connectivity index (χ1n) is 2.89. The molecule has 0 aromatic heterocycles. The van der Waals surface area contributed by atoms with Crippen molar-refractivity contribution >= 4 is 44.2 Å². The number of phenolic OH excluding ortho intramolecular Hbond substituents is 1. The molecule has 6 heteroatoms. The van der Waals surface area contributed by atoms with Crippen molar-refractivity contribution < 1.29 is 5.11 Å². The van der Waals surface area contributed by atoms with Crippen molar-refractivity contribution in [2.45, 2.75) is 0 Å². The molecule has 0 spiro atoms. The van der Waals surface area contributed by atoms with E-state index in [1.54, 1.807) is 12.1 Å². The van der Waals surface area contributed by atoms with Gasteiger partial charge in [0.1, 0.15) is 5.75 Å². The predicted octanol–water partition coefficient (Wildman–Crippen LogP) is 3.70. The van der Waals surface area contributed by atoms with Gasteiger partial charge in [0.15, 0.2) is 0 Å². The molecule has 1 N–H and O–H groups in total. The molecule has 0 fully saturated rings. The van der Waals surface area contributed by atoms with Crippen LogP contribution in [0.3, 0.4) is 0 Å². The van der Waals surface area contributed by atoms with Crippen LogP contribution < -0.4 is 0 Å². The minimum atomic E-state index is 0.00257. The fourth-order valence-corrected chi connectivity index (χ4v) is 1.50. The van der Waals surface area contributed by atoms with Crippen molar-refractivity contribution in [2.24, 2.45) is 5.11 Å². The molecule has 0 aliphatic carbocycles. The van der Waals surface area contributed by atoms with Crippen molar-refractivity contribution in [2.75, 3.05) is 0 Å². The van der Waals surface area contributed by atoms with Gasteiger partial charge in [-0.05, 0) is 40.3 Å². The van der Waals surface area contributed by atoms with Gasteiger partial charge in [-0.25, -0.2) is 0 Å². The quantitative estimate of drug-likeness (QED) is 0.360. The zero-order valence-electron chi connectivity index (χ0n) is 5.70. The number of rotatable bonds is 1. The first kappa shape index (κ1) is 9.63. The lowest BCUT2D eigenvalue weighted by atomic mass is 10.3. The molecule has 12 heavy (non-hydrogen) atoms. The van der Waals surface area contributed by atoms with E-state index in [9.17, 15) is 5.11 Å². The van der Waals surface area contributed by atoms with E-state index >= 15 is 0 Å². The fourth-order valence-electron chi connectivity index (χ4n) is 0.670. The van der Waals surface area contributed by atoms with Gasteiger partial charge >= 0.3 is 0 Å². The Kier molecular flexibility index (Phi) is 3.19. The van der Waals surface area contributed by atoms with Gasteiger partial charge in [0.05, 0.1) is 9.26 Å². The minimum absolute atomic E-state index is 0.00257. The zero-order chi connectivity index (χ0) is 9.14. The molecule has 62 valence electrons. The number of aromatic hydroxyl groups is 1. The number of nitrogens with zero attached hydrogens (tertiary/aromatic N) is 3. The van der Waals surface area contributed by atoms with Gasteiger partial charge in [-0.3, -0.25) is 0 Å². The van der Waals surface area contributed by atoms with Crippen molar-refractivity contribution in [3.63, 3.8) is 0 Å². The SMILES string of the molecule is [N-]=[N+]=Nc1c(Br)ccc(I)c1O. The van der Waals surface area contributed by atoms with Crippen LogP contribution in [0.25, 0.3) is 10.4 Å². The smallest absolute Gasteiger partial charge is 0.139 e. The van der Waals surface area contributed by atoms with Crippen LogP contribution in [0.15, 0.2) is 21.7 Å². The van der Waals surface area contributed by atoms with Crippen LogP contribution in [-0.4, -0.2) is 5.11 Å². The monoisotopic (exact) mass is 339 g/mol. The Morgan fingerprint density at radius 3 is 2.83 bits per heavy atom. The number of phenols is 1. The minimum Gasteiger partial charge on any atom is -0.506 e. The van der Waals surface area contributed by atoms with Gasteiger partial charge < -0.3 is 5.11 Å². The van der Waals surface area contributed by atoms with Crippen LogP contribution in [0.4, 0.5) is 5.69 Å². The highest BCUT2D eigenvalue weighted by atomic mass is 127. The van der Waals surface area contributed by atoms with Crippen LogP contribution in [0.1, 0.15) is 0 Å². The van der Waals surface area contributed by atoms with Crippen LogP contribution in [0.2, 0.25) is 0 Å². The summed E-state index contributed by atoms with van der Waals surface area (Å²) in [5, 5.41) is 12.8. The van der Waals surface area contributed by atoms with Gasteiger partial charge in [0.25, 0.3) is 0 Å². The first-order chi connectivity index (χ1) is 5.66. The van der Waals surface area contributed by atoms with Gasteiger partial charge in [-0.2, -0.15) is 0 Å². The standard InChI is InChI=1S/C6H3BrIN3O/c7-3-1-2-4(8)6(12)5(3)10-11-9/h1-2,12H. The third kappa shape index (κ3) is 1.82. The van der Waals surface area contributed by atoms with Gasteiger partial charge in [-0.15, -0.1) is 0 Å². The van der Waals surface area contributed by atoms with Gasteiger partial charge in [0, 0.05) is 9.38 Å². The lowest BCUT2D eigenvalue weighted by Crippen LogP contribution is -1.75. The Labute approximate surface area is 90.5 Å². The van der Waals surface area contributed by atoms with Crippen LogP contribution >= 0.6 is 38.5 Å². The lowest BCUT2D eigenvalue weighted by Gasteiger charge is -2.01. The van der Waals surface area contributed by atoms with Crippen LogP contribution in [0.5, 0.6) is 5.75 Å². The predicted molar refractivity (Wildman–Crippen MR) is 57.3 cm³/mol. The summed E-state index contributed by atoms with van der Waals surface area (Å²) in [6.45, 7) is 0. The van der Waals surface area contributed by atoms with Crippen molar-refractivity contribution in [3.8, 4) is 5.75 Å². The maximum atomic E-state index is 9.41. The number of halogens is 2. The molecule has 0 saturated heterocycles. The summed E-state index contributed by atoms with van der Waals surface area (Å²) < 4.78 is 1.23. The van der Waals surface area contributed by atoms with Crippen molar-refractivity contribution in [3.05, 3.63) is 30.6 Å². The Morgan fingerprint density at radius 2 is 2.25 bits per heavy atom. The summed E-state index contributed by atoms with van der Waals surface area (Å²) in [6.07, 6.45) is 0. The summed E-state index contributed by atoms with van der Waals surface area (Å²) >= 11 is 5.11. The average Bonchev–Trinajstić information content (AvgIpc) is 2.06. The number of azide groups is 1. The zero-order valence-corrected chi connectivity index (χ0v) is 9.44. The van der Waals surface area contributed by atoms with Gasteiger partial charge in [-0.1, -0.05) is 21.0 Å². The number of benzene rings is 1. The molecule has 0 radical (unpaired) electrons. The Morgan fingerprint density at radius 1 is 1.58 bits per heavy atom. The molecular formula is C6H3BrIN3O. The van der Waals surface area contributed by atoms with Crippen LogP contribution in [0, 0.1) is 3.57 Å². The molecule has 0 atom stereocenters. The second-order valence-electron chi connectivity index (χ2n) is 1.92. The normalized spacial score (nSPS) is 9.17. The van der Waals surface area contributed by atoms with E-state index in [1.165, 1.54) is 0 Å².